The van der Waals surface area contributed by atoms with E-state index in [1.807, 2.05) is 13.8 Å². The van der Waals surface area contributed by atoms with Crippen molar-refractivity contribution < 1.29 is 13.9 Å². The van der Waals surface area contributed by atoms with Crippen molar-refractivity contribution >= 4 is 11.6 Å². The molecule has 1 N–H and O–H groups in total. The Morgan fingerprint density at radius 1 is 1.25 bits per heavy atom. The SMILES string of the molecule is CCOC(OCC)c1cc(-c2ccc(F)c(Cl)c2)n[nH]1. The summed E-state index contributed by atoms with van der Waals surface area (Å²) in [6.45, 7) is 4.84. The first kappa shape index (κ1) is 15.0. The van der Waals surface area contributed by atoms with E-state index in [1.165, 1.54) is 12.1 Å². The largest absolute Gasteiger partial charge is 0.347 e. The number of nitrogens with zero attached hydrogens (tertiary/aromatic N) is 1. The molecule has 1 aromatic carbocycles. The lowest BCUT2D eigenvalue weighted by Gasteiger charge is -2.14. The van der Waals surface area contributed by atoms with Crippen molar-refractivity contribution in [2.24, 2.45) is 0 Å². The van der Waals surface area contributed by atoms with Crippen LogP contribution in [0.2, 0.25) is 5.02 Å². The van der Waals surface area contributed by atoms with Crippen LogP contribution < -0.4 is 0 Å². The molecule has 108 valence electrons. The van der Waals surface area contributed by atoms with Gasteiger partial charge in [-0.05, 0) is 38.1 Å². The Hall–Kier alpha value is -1.43. The zero-order valence-corrected chi connectivity index (χ0v) is 12.1. The molecule has 0 aliphatic carbocycles. The van der Waals surface area contributed by atoms with Crippen molar-refractivity contribution in [3.8, 4) is 11.3 Å². The third-order valence-electron chi connectivity index (χ3n) is 2.70. The number of aromatic nitrogens is 2. The summed E-state index contributed by atoms with van der Waals surface area (Å²) in [5.41, 5.74) is 2.10. The Morgan fingerprint density at radius 2 is 1.95 bits per heavy atom. The van der Waals surface area contributed by atoms with Gasteiger partial charge in [-0.15, -0.1) is 0 Å². The number of halogens is 2. The zero-order chi connectivity index (χ0) is 14.5. The molecular formula is C14H16ClFN2O2. The van der Waals surface area contributed by atoms with E-state index in [9.17, 15) is 4.39 Å². The van der Waals surface area contributed by atoms with Crippen LogP contribution in [-0.4, -0.2) is 23.4 Å². The second kappa shape index (κ2) is 6.83. The van der Waals surface area contributed by atoms with Gasteiger partial charge in [0.1, 0.15) is 5.82 Å². The highest BCUT2D eigenvalue weighted by Gasteiger charge is 2.15. The highest BCUT2D eigenvalue weighted by atomic mass is 35.5. The van der Waals surface area contributed by atoms with Crippen LogP contribution >= 0.6 is 11.6 Å². The van der Waals surface area contributed by atoms with Gasteiger partial charge in [0.15, 0.2) is 6.29 Å². The Kier molecular flexibility index (Phi) is 5.11. The first-order valence-corrected chi connectivity index (χ1v) is 6.77. The van der Waals surface area contributed by atoms with Crippen molar-refractivity contribution in [3.05, 3.63) is 40.8 Å². The normalized spacial score (nSPS) is 11.2. The smallest absolute Gasteiger partial charge is 0.200 e. The van der Waals surface area contributed by atoms with Crippen LogP contribution in [-0.2, 0) is 9.47 Å². The van der Waals surface area contributed by atoms with E-state index < -0.39 is 12.1 Å². The molecule has 1 heterocycles. The summed E-state index contributed by atoms with van der Waals surface area (Å²) in [5.74, 6) is -0.451. The summed E-state index contributed by atoms with van der Waals surface area (Å²) in [4.78, 5) is 0. The van der Waals surface area contributed by atoms with Gasteiger partial charge in [-0.1, -0.05) is 11.6 Å². The number of benzene rings is 1. The maximum absolute atomic E-state index is 13.1. The molecule has 2 aromatic rings. The second-order valence-electron chi connectivity index (χ2n) is 4.08. The van der Waals surface area contributed by atoms with E-state index in [2.05, 4.69) is 10.2 Å². The second-order valence-corrected chi connectivity index (χ2v) is 4.49. The van der Waals surface area contributed by atoms with Crippen LogP contribution in [0.5, 0.6) is 0 Å². The predicted octanol–water partition coefficient (Wildman–Crippen LogP) is 3.94. The summed E-state index contributed by atoms with van der Waals surface area (Å²) < 4.78 is 24.1. The average Bonchev–Trinajstić information content (AvgIpc) is 2.91. The fourth-order valence-electron chi connectivity index (χ4n) is 1.79. The summed E-state index contributed by atoms with van der Waals surface area (Å²) in [6.07, 6.45) is -0.484. The number of hydrogen-bond acceptors (Lipinski definition) is 3. The van der Waals surface area contributed by atoms with E-state index in [-0.39, 0.29) is 5.02 Å². The molecule has 0 spiro atoms. The van der Waals surface area contributed by atoms with Crippen molar-refractivity contribution in [1.82, 2.24) is 10.2 Å². The van der Waals surface area contributed by atoms with Crippen LogP contribution in [0.25, 0.3) is 11.3 Å². The van der Waals surface area contributed by atoms with Gasteiger partial charge in [0.25, 0.3) is 0 Å². The maximum Gasteiger partial charge on any atom is 0.200 e. The van der Waals surface area contributed by atoms with Crippen LogP contribution in [0.3, 0.4) is 0 Å². The molecule has 0 bridgehead atoms. The van der Waals surface area contributed by atoms with E-state index in [1.54, 1.807) is 12.1 Å². The molecule has 0 aliphatic rings. The van der Waals surface area contributed by atoms with Gasteiger partial charge in [0.05, 0.1) is 16.4 Å². The molecular weight excluding hydrogens is 283 g/mol. The summed E-state index contributed by atoms with van der Waals surface area (Å²) >= 11 is 5.77. The standard InChI is InChI=1S/C14H16ClFN2O2/c1-3-19-14(20-4-2)13-8-12(17-18-13)9-5-6-11(16)10(15)7-9/h5-8,14H,3-4H2,1-2H3,(H,17,18). The van der Waals surface area contributed by atoms with Gasteiger partial charge in [-0.2, -0.15) is 5.10 Å². The summed E-state index contributed by atoms with van der Waals surface area (Å²) in [5, 5.41) is 7.12. The molecule has 0 saturated heterocycles. The fourth-order valence-corrected chi connectivity index (χ4v) is 1.97. The van der Waals surface area contributed by atoms with Crippen LogP contribution in [0.4, 0.5) is 4.39 Å². The van der Waals surface area contributed by atoms with Gasteiger partial charge >= 0.3 is 0 Å². The van der Waals surface area contributed by atoms with Gasteiger partial charge in [0.2, 0.25) is 0 Å². The molecule has 6 heteroatoms. The highest BCUT2D eigenvalue weighted by Crippen LogP contribution is 2.26. The summed E-state index contributed by atoms with van der Waals surface area (Å²) in [6, 6.07) is 6.28. The number of nitrogens with one attached hydrogen (secondary N) is 1. The van der Waals surface area contributed by atoms with Gasteiger partial charge in [-0.25, -0.2) is 4.39 Å². The van der Waals surface area contributed by atoms with Crippen molar-refractivity contribution in [2.45, 2.75) is 20.1 Å². The van der Waals surface area contributed by atoms with Crippen LogP contribution in [0, 0.1) is 5.82 Å². The van der Waals surface area contributed by atoms with Gasteiger partial charge in [0, 0.05) is 18.8 Å². The molecule has 0 fully saturated rings. The van der Waals surface area contributed by atoms with Crippen molar-refractivity contribution in [1.29, 1.82) is 0 Å². The maximum atomic E-state index is 13.1. The van der Waals surface area contributed by atoms with Crippen molar-refractivity contribution in [2.75, 3.05) is 13.2 Å². The molecule has 2 rings (SSSR count). The number of rotatable bonds is 6. The third kappa shape index (κ3) is 3.36. The Morgan fingerprint density at radius 3 is 2.55 bits per heavy atom. The molecule has 4 nitrogen and oxygen atoms in total. The van der Waals surface area contributed by atoms with Crippen molar-refractivity contribution in [3.63, 3.8) is 0 Å². The first-order chi connectivity index (χ1) is 9.65. The molecule has 0 amide bonds. The Labute approximate surface area is 121 Å². The minimum Gasteiger partial charge on any atom is -0.347 e. The lowest BCUT2D eigenvalue weighted by molar-refractivity contribution is -0.142. The number of H-pyrrole nitrogens is 1. The van der Waals surface area contributed by atoms with Gasteiger partial charge < -0.3 is 9.47 Å². The molecule has 0 aliphatic heterocycles. The predicted molar refractivity (Wildman–Crippen MR) is 75.0 cm³/mol. The third-order valence-corrected chi connectivity index (χ3v) is 2.99. The molecule has 20 heavy (non-hydrogen) atoms. The topological polar surface area (TPSA) is 47.1 Å². The van der Waals surface area contributed by atoms with E-state index in [4.69, 9.17) is 21.1 Å². The lowest BCUT2D eigenvalue weighted by Crippen LogP contribution is -2.09. The van der Waals surface area contributed by atoms with E-state index in [0.29, 0.717) is 24.6 Å². The number of aromatic amines is 1. The van der Waals surface area contributed by atoms with Gasteiger partial charge in [-0.3, -0.25) is 5.10 Å². The molecule has 0 unspecified atom stereocenters. The van der Waals surface area contributed by atoms with Crippen LogP contribution in [0.1, 0.15) is 25.8 Å². The Bertz CT molecular complexity index is 568. The molecule has 0 saturated carbocycles. The summed E-state index contributed by atoms with van der Waals surface area (Å²) in [7, 11) is 0. The quantitative estimate of drug-likeness (QED) is 0.822. The monoisotopic (exact) mass is 298 g/mol. The molecule has 1 aromatic heterocycles. The lowest BCUT2D eigenvalue weighted by atomic mass is 10.1. The first-order valence-electron chi connectivity index (χ1n) is 6.39. The van der Waals surface area contributed by atoms with Crippen LogP contribution in [0.15, 0.2) is 24.3 Å². The fraction of sp³-hybridized carbons (Fsp3) is 0.357. The number of ether oxygens (including phenoxy) is 2. The average molecular weight is 299 g/mol. The van der Waals surface area contributed by atoms with E-state index in [0.717, 1.165) is 5.56 Å². The minimum absolute atomic E-state index is 0.0678. The minimum atomic E-state index is -0.484. The Balaban J connectivity index is 2.24. The number of hydrogen-bond donors (Lipinski definition) is 1. The highest BCUT2D eigenvalue weighted by molar-refractivity contribution is 6.31. The van der Waals surface area contributed by atoms with E-state index >= 15 is 0 Å². The zero-order valence-electron chi connectivity index (χ0n) is 11.3. The molecule has 0 radical (unpaired) electrons. The molecule has 0 atom stereocenters.